The van der Waals surface area contributed by atoms with Crippen LogP contribution in [-0.4, -0.2) is 6.03 Å². The Morgan fingerprint density at radius 3 is 2.44 bits per heavy atom. The predicted octanol–water partition coefficient (Wildman–Crippen LogP) is 4.23. The molecule has 0 spiro atoms. The smallest absolute Gasteiger partial charge is 0.308 e. The van der Waals surface area contributed by atoms with Gasteiger partial charge in [-0.2, -0.15) is 0 Å². The Bertz CT molecular complexity index is 560. The van der Waals surface area contributed by atoms with E-state index in [4.69, 9.17) is 0 Å². The van der Waals surface area contributed by atoms with Crippen LogP contribution in [0, 0.1) is 5.82 Å². The van der Waals surface area contributed by atoms with Gasteiger partial charge < -0.3 is 10.6 Å². The van der Waals surface area contributed by atoms with Crippen molar-refractivity contribution in [3.8, 4) is 0 Å². The SMILES string of the molecule is O=C(Nc1ccccc1)Nc1ccc(F)cc1Br. The molecule has 18 heavy (non-hydrogen) atoms. The summed E-state index contributed by atoms with van der Waals surface area (Å²) in [5, 5.41) is 5.29. The number of carbonyl (C=O) groups excluding carboxylic acids is 1. The third kappa shape index (κ3) is 3.30. The Morgan fingerprint density at radius 1 is 1.06 bits per heavy atom. The molecule has 2 amide bonds. The highest BCUT2D eigenvalue weighted by Gasteiger charge is 2.06. The molecule has 2 rings (SSSR count). The van der Waals surface area contributed by atoms with Crippen molar-refractivity contribution in [3.05, 3.63) is 58.8 Å². The van der Waals surface area contributed by atoms with E-state index in [0.717, 1.165) is 0 Å². The van der Waals surface area contributed by atoms with E-state index in [9.17, 15) is 9.18 Å². The highest BCUT2D eigenvalue weighted by atomic mass is 79.9. The van der Waals surface area contributed by atoms with Crippen LogP contribution in [0.5, 0.6) is 0 Å². The Hall–Kier alpha value is -1.88. The molecule has 0 unspecified atom stereocenters. The minimum atomic E-state index is -0.381. The highest BCUT2D eigenvalue weighted by molar-refractivity contribution is 9.10. The van der Waals surface area contributed by atoms with Gasteiger partial charge in [0.25, 0.3) is 0 Å². The highest BCUT2D eigenvalue weighted by Crippen LogP contribution is 2.23. The summed E-state index contributed by atoms with van der Waals surface area (Å²) in [7, 11) is 0. The standard InChI is InChI=1S/C13H10BrFN2O/c14-11-8-9(15)6-7-12(11)17-13(18)16-10-4-2-1-3-5-10/h1-8H,(H2,16,17,18). The first-order chi connectivity index (χ1) is 8.65. The third-order valence-corrected chi connectivity index (χ3v) is 2.87. The second-order valence-electron chi connectivity index (χ2n) is 3.57. The number of amides is 2. The fourth-order valence-corrected chi connectivity index (χ4v) is 1.85. The number of carbonyl (C=O) groups is 1. The summed E-state index contributed by atoms with van der Waals surface area (Å²) in [6, 6.07) is 12.7. The van der Waals surface area contributed by atoms with Gasteiger partial charge in [0.2, 0.25) is 0 Å². The normalized spacial score (nSPS) is 9.89. The zero-order valence-electron chi connectivity index (χ0n) is 9.28. The molecule has 0 aromatic heterocycles. The molecule has 0 saturated heterocycles. The molecular weight excluding hydrogens is 299 g/mol. The molecule has 0 saturated carbocycles. The van der Waals surface area contributed by atoms with Crippen LogP contribution in [0.4, 0.5) is 20.6 Å². The molecule has 0 bridgehead atoms. The van der Waals surface area contributed by atoms with Gasteiger partial charge in [0.15, 0.2) is 0 Å². The number of benzene rings is 2. The van der Waals surface area contributed by atoms with Gasteiger partial charge in [-0.05, 0) is 46.3 Å². The lowest BCUT2D eigenvalue weighted by Gasteiger charge is -2.09. The van der Waals surface area contributed by atoms with Crippen LogP contribution in [0.25, 0.3) is 0 Å². The van der Waals surface area contributed by atoms with Gasteiger partial charge in [0.1, 0.15) is 5.82 Å². The van der Waals surface area contributed by atoms with Crippen molar-refractivity contribution >= 4 is 33.3 Å². The fraction of sp³-hybridized carbons (Fsp3) is 0. The van der Waals surface area contributed by atoms with Gasteiger partial charge in [0.05, 0.1) is 5.69 Å². The van der Waals surface area contributed by atoms with E-state index in [1.165, 1.54) is 18.2 Å². The first kappa shape index (κ1) is 12.6. The molecule has 3 nitrogen and oxygen atoms in total. The predicted molar refractivity (Wildman–Crippen MR) is 73.2 cm³/mol. The van der Waals surface area contributed by atoms with E-state index in [0.29, 0.717) is 15.8 Å². The largest absolute Gasteiger partial charge is 0.323 e. The number of rotatable bonds is 2. The second-order valence-corrected chi connectivity index (χ2v) is 4.42. The Labute approximate surface area is 112 Å². The summed E-state index contributed by atoms with van der Waals surface area (Å²) < 4.78 is 13.4. The monoisotopic (exact) mass is 308 g/mol. The van der Waals surface area contributed by atoms with Gasteiger partial charge in [-0.15, -0.1) is 0 Å². The maximum atomic E-state index is 12.9. The van der Waals surface area contributed by atoms with E-state index in [1.807, 2.05) is 18.2 Å². The van der Waals surface area contributed by atoms with Crippen molar-refractivity contribution in [3.63, 3.8) is 0 Å². The maximum Gasteiger partial charge on any atom is 0.323 e. The number of para-hydroxylation sites is 1. The Balaban J connectivity index is 2.03. The number of hydrogen-bond acceptors (Lipinski definition) is 1. The average Bonchev–Trinajstić information content (AvgIpc) is 2.34. The van der Waals surface area contributed by atoms with Crippen molar-refractivity contribution < 1.29 is 9.18 Å². The van der Waals surface area contributed by atoms with Crippen molar-refractivity contribution in [2.24, 2.45) is 0 Å². The molecule has 5 heteroatoms. The summed E-state index contributed by atoms with van der Waals surface area (Å²) in [6.45, 7) is 0. The maximum absolute atomic E-state index is 12.9. The summed E-state index contributed by atoms with van der Waals surface area (Å²) in [4.78, 5) is 11.7. The van der Waals surface area contributed by atoms with Gasteiger partial charge in [-0.25, -0.2) is 9.18 Å². The lowest BCUT2D eigenvalue weighted by atomic mass is 10.3. The van der Waals surface area contributed by atoms with Crippen LogP contribution in [0.1, 0.15) is 0 Å². The number of urea groups is 1. The van der Waals surface area contributed by atoms with E-state index in [1.54, 1.807) is 12.1 Å². The summed E-state index contributed by atoms with van der Waals surface area (Å²) >= 11 is 3.18. The molecule has 92 valence electrons. The lowest BCUT2D eigenvalue weighted by molar-refractivity contribution is 0.262. The van der Waals surface area contributed by atoms with Gasteiger partial charge in [0, 0.05) is 10.2 Å². The van der Waals surface area contributed by atoms with E-state index >= 15 is 0 Å². The molecule has 0 atom stereocenters. The topological polar surface area (TPSA) is 41.1 Å². The number of nitrogens with one attached hydrogen (secondary N) is 2. The second kappa shape index (κ2) is 5.64. The molecule has 0 aliphatic heterocycles. The molecule has 0 fully saturated rings. The van der Waals surface area contributed by atoms with Crippen LogP contribution in [0.2, 0.25) is 0 Å². The third-order valence-electron chi connectivity index (χ3n) is 2.21. The fourth-order valence-electron chi connectivity index (χ4n) is 1.40. The van der Waals surface area contributed by atoms with Gasteiger partial charge in [-0.3, -0.25) is 0 Å². The van der Waals surface area contributed by atoms with E-state index < -0.39 is 0 Å². The average molecular weight is 309 g/mol. The van der Waals surface area contributed by atoms with Crippen LogP contribution in [0.3, 0.4) is 0 Å². The quantitative estimate of drug-likeness (QED) is 0.856. The minimum Gasteiger partial charge on any atom is -0.308 e. The Morgan fingerprint density at radius 2 is 1.78 bits per heavy atom. The molecule has 0 aliphatic rings. The first-order valence-electron chi connectivity index (χ1n) is 5.23. The Kier molecular flexibility index (Phi) is 3.94. The van der Waals surface area contributed by atoms with E-state index in [2.05, 4.69) is 26.6 Å². The zero-order chi connectivity index (χ0) is 13.0. The van der Waals surface area contributed by atoms with Gasteiger partial charge in [-0.1, -0.05) is 18.2 Å². The first-order valence-corrected chi connectivity index (χ1v) is 6.02. The number of halogens is 2. The van der Waals surface area contributed by atoms with Crippen molar-refractivity contribution in [1.29, 1.82) is 0 Å². The number of hydrogen-bond donors (Lipinski definition) is 2. The molecule has 0 radical (unpaired) electrons. The summed E-state index contributed by atoms with van der Waals surface area (Å²) in [5.41, 5.74) is 1.19. The molecule has 2 N–H and O–H groups in total. The van der Waals surface area contributed by atoms with Crippen molar-refractivity contribution in [2.45, 2.75) is 0 Å². The van der Waals surface area contributed by atoms with Crippen LogP contribution in [-0.2, 0) is 0 Å². The van der Waals surface area contributed by atoms with Crippen LogP contribution < -0.4 is 10.6 Å². The molecule has 2 aromatic rings. The van der Waals surface area contributed by atoms with Crippen LogP contribution >= 0.6 is 15.9 Å². The summed E-state index contributed by atoms with van der Waals surface area (Å²) in [5.74, 6) is -0.365. The molecular formula is C13H10BrFN2O. The number of anilines is 2. The van der Waals surface area contributed by atoms with Crippen molar-refractivity contribution in [1.82, 2.24) is 0 Å². The van der Waals surface area contributed by atoms with E-state index in [-0.39, 0.29) is 11.8 Å². The summed E-state index contributed by atoms with van der Waals surface area (Å²) in [6.07, 6.45) is 0. The molecule has 0 aliphatic carbocycles. The molecule has 2 aromatic carbocycles. The van der Waals surface area contributed by atoms with Gasteiger partial charge >= 0.3 is 6.03 Å². The zero-order valence-corrected chi connectivity index (χ0v) is 10.9. The minimum absolute atomic E-state index is 0.365. The van der Waals surface area contributed by atoms with Crippen LogP contribution in [0.15, 0.2) is 53.0 Å². The lowest BCUT2D eigenvalue weighted by Crippen LogP contribution is -2.19. The molecule has 0 heterocycles. The van der Waals surface area contributed by atoms with Crippen molar-refractivity contribution in [2.75, 3.05) is 10.6 Å².